The van der Waals surface area contributed by atoms with Gasteiger partial charge in [0.15, 0.2) is 0 Å². The second kappa shape index (κ2) is 9.08. The molecule has 1 rings (SSSR count). The molecular weight excluding hydrogens is 386 g/mol. The Bertz CT molecular complexity index is 508. The lowest BCUT2D eigenvalue weighted by Gasteiger charge is -2.34. The van der Waals surface area contributed by atoms with Crippen molar-refractivity contribution in [2.75, 3.05) is 26.2 Å². The molecule has 0 amide bonds. The molecule has 0 spiro atoms. The number of phosphoric acid groups is 2. The largest absolute Gasteiger partial charge is 0.478 e. The summed E-state index contributed by atoms with van der Waals surface area (Å²) in [6.45, 7) is 1.74. The molecule has 0 aromatic heterocycles. The maximum absolute atomic E-state index is 11.2. The highest BCUT2D eigenvalue weighted by Crippen LogP contribution is 2.53. The van der Waals surface area contributed by atoms with Crippen molar-refractivity contribution in [2.45, 2.75) is 12.5 Å². The Morgan fingerprint density at radius 2 is 1.77 bits per heavy atom. The van der Waals surface area contributed by atoms with Crippen LogP contribution >= 0.6 is 15.6 Å². The van der Waals surface area contributed by atoms with Crippen molar-refractivity contribution in [3.8, 4) is 0 Å². The Morgan fingerprint density at radius 3 is 2.09 bits per heavy atom. The van der Waals surface area contributed by atoms with Crippen LogP contribution in [0.2, 0.25) is 0 Å². The van der Waals surface area contributed by atoms with E-state index in [0.29, 0.717) is 26.1 Å². The predicted octanol–water partition coefficient (Wildman–Crippen LogP) is -2.03. The lowest BCUT2D eigenvalue weighted by Crippen LogP contribution is -2.53. The fourth-order valence-corrected chi connectivity index (χ4v) is 4.16. The summed E-state index contributed by atoms with van der Waals surface area (Å²) in [5.74, 6) is 0. The van der Waals surface area contributed by atoms with Crippen LogP contribution < -0.4 is 5.32 Å². The normalized spacial score (nSPS) is 23.3. The van der Waals surface area contributed by atoms with Gasteiger partial charge in [-0.05, 0) is 6.42 Å². The van der Waals surface area contributed by atoms with Crippen molar-refractivity contribution in [2.24, 2.45) is 0 Å². The van der Waals surface area contributed by atoms with E-state index >= 15 is 0 Å². The molecule has 0 radical (unpaired) electrons. The van der Waals surface area contributed by atoms with E-state index in [1.807, 2.05) is 0 Å². The van der Waals surface area contributed by atoms with Gasteiger partial charge in [0.2, 0.25) is 8.96 Å². The van der Waals surface area contributed by atoms with Crippen LogP contribution in [0.4, 0.5) is 0 Å². The molecule has 134 valence electrons. The Labute approximate surface area is 131 Å². The van der Waals surface area contributed by atoms with Gasteiger partial charge >= 0.3 is 15.6 Å². The maximum atomic E-state index is 11.2. The average Bonchev–Trinajstić information content (AvgIpc) is 2.24. The van der Waals surface area contributed by atoms with E-state index in [1.54, 1.807) is 0 Å². The lowest BCUT2D eigenvalue weighted by molar-refractivity contribution is 0.199. The minimum atomic E-state index is -5.05. The van der Waals surface area contributed by atoms with E-state index in [2.05, 4.69) is 20.8 Å². The number of nitrogens with one attached hydrogen (secondary N) is 1. The molecule has 22 heavy (non-hydrogen) atoms. The zero-order chi connectivity index (χ0) is 17.6. The molecule has 1 saturated heterocycles. The molecule has 0 aromatic carbocycles. The standard InChI is InChI=1S/C6H14N2O3S2.H4O7P2/c9-4-1-6-5-7-2-3-8(6)13(10,11)12;1-8(2,3)7-9(4,5)6/h6-7,9H,1-5H2,(H,10,11,12);(H2,1,2,3)(H2,4,5,6). The van der Waals surface area contributed by atoms with Crippen LogP contribution in [0, 0.1) is 0 Å². The molecule has 2 unspecified atom stereocenters. The van der Waals surface area contributed by atoms with Crippen molar-refractivity contribution in [1.82, 2.24) is 9.62 Å². The van der Waals surface area contributed by atoms with Gasteiger partial charge in [-0.1, -0.05) is 0 Å². The molecule has 1 aliphatic heterocycles. The second-order valence-electron chi connectivity index (χ2n) is 4.02. The SMILES string of the molecule is O=P(O)(O)OP(=O)(O)O.O=S(O)(=S)N1CCNCC1CCO. The van der Waals surface area contributed by atoms with Gasteiger partial charge in [-0.15, -0.1) is 0 Å². The van der Waals surface area contributed by atoms with E-state index in [-0.39, 0.29) is 12.6 Å². The first-order valence-electron chi connectivity index (χ1n) is 5.64. The van der Waals surface area contributed by atoms with Crippen molar-refractivity contribution in [3.63, 3.8) is 0 Å². The first-order valence-corrected chi connectivity index (χ1v) is 11.1. The van der Waals surface area contributed by atoms with Gasteiger partial charge in [0.05, 0.1) is 0 Å². The molecule has 1 heterocycles. The monoisotopic (exact) mass is 404 g/mol. The maximum Gasteiger partial charge on any atom is 0.478 e. The van der Waals surface area contributed by atoms with Gasteiger partial charge in [-0.3, -0.25) is 4.55 Å². The summed E-state index contributed by atoms with van der Waals surface area (Å²) in [6, 6.07) is -0.131. The highest BCUT2D eigenvalue weighted by Gasteiger charge is 2.28. The molecule has 0 bridgehead atoms. The molecule has 0 aromatic rings. The van der Waals surface area contributed by atoms with E-state index in [9.17, 15) is 17.9 Å². The number of aliphatic hydroxyl groups excluding tert-OH is 1. The van der Waals surface area contributed by atoms with Gasteiger partial charge in [0.25, 0.3) is 0 Å². The number of hydrogen-bond donors (Lipinski definition) is 7. The Balaban J connectivity index is 0.000000433. The molecule has 12 nitrogen and oxygen atoms in total. The number of aliphatic hydroxyl groups is 1. The van der Waals surface area contributed by atoms with E-state index in [0.717, 1.165) is 0 Å². The molecule has 1 aliphatic rings. The third-order valence-electron chi connectivity index (χ3n) is 2.27. The topological polar surface area (TPSA) is 197 Å². The quantitative estimate of drug-likeness (QED) is 0.248. The summed E-state index contributed by atoms with van der Waals surface area (Å²) in [5, 5.41) is 11.8. The Morgan fingerprint density at radius 1 is 1.27 bits per heavy atom. The van der Waals surface area contributed by atoms with Gasteiger partial charge < -0.3 is 30.0 Å². The van der Waals surface area contributed by atoms with E-state index in [1.165, 1.54) is 4.31 Å². The minimum Gasteiger partial charge on any atom is -0.396 e. The van der Waals surface area contributed by atoms with Crippen LogP contribution in [0.25, 0.3) is 0 Å². The summed E-state index contributed by atoms with van der Waals surface area (Å²) in [5.41, 5.74) is 0. The number of nitrogens with zero attached hydrogens (tertiary/aromatic N) is 1. The molecule has 16 heteroatoms. The zero-order valence-electron chi connectivity index (χ0n) is 11.1. The molecule has 7 N–H and O–H groups in total. The molecular formula is C6H18N2O10P2S2. The first kappa shape index (κ1) is 22.5. The third-order valence-corrected chi connectivity index (χ3v) is 5.62. The zero-order valence-corrected chi connectivity index (χ0v) is 14.5. The van der Waals surface area contributed by atoms with Gasteiger partial charge in [-0.2, -0.15) is 8.62 Å². The predicted molar refractivity (Wildman–Crippen MR) is 78.4 cm³/mol. The second-order valence-corrected chi connectivity index (χ2v) is 9.30. The summed E-state index contributed by atoms with van der Waals surface area (Å²) >= 11 is 4.50. The van der Waals surface area contributed by atoms with Crippen LogP contribution in [-0.4, -0.2) is 70.0 Å². The van der Waals surface area contributed by atoms with E-state index in [4.69, 9.17) is 24.7 Å². The Kier molecular flexibility index (Phi) is 9.28. The summed E-state index contributed by atoms with van der Waals surface area (Å²) in [6.07, 6.45) is 0.473. The van der Waals surface area contributed by atoms with Gasteiger partial charge in [0, 0.05) is 43.5 Å². The van der Waals surface area contributed by atoms with Crippen LogP contribution in [0.3, 0.4) is 0 Å². The molecule has 0 aliphatic carbocycles. The molecule has 2 atom stereocenters. The van der Waals surface area contributed by atoms with Crippen molar-refractivity contribution in [3.05, 3.63) is 0 Å². The fourth-order valence-electron chi connectivity index (χ4n) is 1.58. The molecule has 1 fully saturated rings. The average molecular weight is 404 g/mol. The van der Waals surface area contributed by atoms with Gasteiger partial charge in [0.1, 0.15) is 0 Å². The van der Waals surface area contributed by atoms with Crippen LogP contribution in [-0.2, 0) is 33.6 Å². The molecule has 0 saturated carbocycles. The fraction of sp³-hybridized carbons (Fsp3) is 1.00. The minimum absolute atomic E-state index is 0.00764. The number of piperazine rings is 1. The highest BCUT2D eigenvalue weighted by atomic mass is 32.8. The van der Waals surface area contributed by atoms with Crippen LogP contribution in [0.1, 0.15) is 6.42 Å². The van der Waals surface area contributed by atoms with E-state index < -0.39 is 24.6 Å². The lowest BCUT2D eigenvalue weighted by atomic mass is 10.2. The van der Waals surface area contributed by atoms with Gasteiger partial charge in [-0.25, -0.2) is 13.3 Å². The summed E-state index contributed by atoms with van der Waals surface area (Å²) in [4.78, 5) is 31.0. The first-order chi connectivity index (χ1) is 9.76. The summed E-state index contributed by atoms with van der Waals surface area (Å²) in [7, 11) is -13.4. The Hall–Kier alpha value is 0.470. The number of hydrogen-bond acceptors (Lipinski definition) is 7. The number of rotatable bonds is 5. The third kappa shape index (κ3) is 11.1. The van der Waals surface area contributed by atoms with Crippen molar-refractivity contribution >= 4 is 35.8 Å². The van der Waals surface area contributed by atoms with Crippen molar-refractivity contribution in [1.29, 1.82) is 0 Å². The highest BCUT2D eigenvalue weighted by molar-refractivity contribution is 8.28. The van der Waals surface area contributed by atoms with Crippen molar-refractivity contribution < 1.29 is 46.9 Å². The van der Waals surface area contributed by atoms with Crippen LogP contribution in [0.5, 0.6) is 0 Å². The smallest absolute Gasteiger partial charge is 0.396 e. The summed E-state index contributed by atoms with van der Waals surface area (Å²) < 4.78 is 44.0. The van der Waals surface area contributed by atoms with Crippen LogP contribution in [0.15, 0.2) is 0 Å².